The first-order valence-electron chi connectivity index (χ1n) is 12.1. The summed E-state index contributed by atoms with van der Waals surface area (Å²) in [4.78, 5) is -0.653. The Morgan fingerprint density at radius 1 is 0.951 bits per heavy atom. The first kappa shape index (κ1) is 31.1. The molecule has 0 radical (unpaired) electrons. The summed E-state index contributed by atoms with van der Waals surface area (Å²) in [5.41, 5.74) is -0.753. The van der Waals surface area contributed by atoms with Crippen LogP contribution in [0.1, 0.15) is 20.8 Å². The Morgan fingerprint density at radius 2 is 1.59 bits per heavy atom. The highest BCUT2D eigenvalue weighted by molar-refractivity contribution is 8.13. The van der Waals surface area contributed by atoms with E-state index in [9.17, 15) is 30.4 Å². The van der Waals surface area contributed by atoms with Gasteiger partial charge in [-0.05, 0) is 57.2 Å². The molecule has 1 fully saturated rings. The molecule has 1 heterocycles. The van der Waals surface area contributed by atoms with Crippen LogP contribution in [-0.2, 0) is 34.0 Å². The minimum absolute atomic E-state index is 0.00138. The summed E-state index contributed by atoms with van der Waals surface area (Å²) in [6.45, 7) is 5.61. The summed E-state index contributed by atoms with van der Waals surface area (Å²) in [5, 5.41) is 19.5. The van der Waals surface area contributed by atoms with Crippen LogP contribution in [0.3, 0.4) is 0 Å². The third-order valence-electron chi connectivity index (χ3n) is 5.75. The lowest BCUT2D eigenvalue weighted by molar-refractivity contribution is 0.0733. The van der Waals surface area contributed by atoms with Gasteiger partial charge < -0.3 is 9.84 Å². The summed E-state index contributed by atoms with van der Waals surface area (Å²) < 4.78 is 87.3. The molecule has 0 atom stereocenters. The van der Waals surface area contributed by atoms with Crippen molar-refractivity contribution in [2.45, 2.75) is 36.1 Å². The molecule has 0 aromatic heterocycles. The highest BCUT2D eigenvalue weighted by atomic mass is 35.7. The Bertz CT molecular complexity index is 1820. The third kappa shape index (κ3) is 7.32. The van der Waals surface area contributed by atoms with Gasteiger partial charge >= 0.3 is 10.2 Å². The van der Waals surface area contributed by atoms with Crippen LogP contribution in [0.25, 0.3) is 10.8 Å². The van der Waals surface area contributed by atoms with Crippen LogP contribution in [0.5, 0.6) is 5.75 Å². The van der Waals surface area contributed by atoms with Gasteiger partial charge in [0.2, 0.25) is 10.0 Å². The minimum atomic E-state index is -4.28. The number of anilines is 1. The van der Waals surface area contributed by atoms with Gasteiger partial charge in [-0.15, -0.1) is 5.11 Å². The van der Waals surface area contributed by atoms with Gasteiger partial charge in [0.05, 0.1) is 35.2 Å². The van der Waals surface area contributed by atoms with Crippen molar-refractivity contribution in [1.82, 2.24) is 9.03 Å². The van der Waals surface area contributed by atoms with Gasteiger partial charge in [0.25, 0.3) is 9.05 Å². The predicted molar refractivity (Wildman–Crippen MR) is 154 cm³/mol. The summed E-state index contributed by atoms with van der Waals surface area (Å²) in [6.07, 6.45) is 0. The highest BCUT2D eigenvalue weighted by Gasteiger charge is 2.29. The maximum Gasteiger partial charge on any atom is 0.301 e. The molecule has 3 N–H and O–H groups in total. The van der Waals surface area contributed by atoms with E-state index in [-0.39, 0.29) is 59.0 Å². The molecule has 0 unspecified atom stereocenters. The van der Waals surface area contributed by atoms with Crippen molar-refractivity contribution in [2.24, 2.45) is 10.2 Å². The van der Waals surface area contributed by atoms with Crippen molar-refractivity contribution in [2.75, 3.05) is 31.0 Å². The Labute approximate surface area is 242 Å². The highest BCUT2D eigenvalue weighted by Crippen LogP contribution is 2.43. The molecule has 0 saturated carbocycles. The van der Waals surface area contributed by atoms with Crippen LogP contribution in [0, 0.1) is 0 Å². The lowest BCUT2D eigenvalue weighted by Crippen LogP contribution is -2.43. The number of nitrogens with zero attached hydrogens (tertiary/aromatic N) is 3. The summed E-state index contributed by atoms with van der Waals surface area (Å²) in [5.74, 6) is -0.611. The van der Waals surface area contributed by atoms with Crippen LogP contribution in [0.2, 0.25) is 0 Å². The molecule has 3 aromatic carbocycles. The number of fused-ring (bicyclic) bond motifs is 1. The lowest BCUT2D eigenvalue weighted by atomic mass is 10.1. The van der Waals surface area contributed by atoms with E-state index in [4.69, 9.17) is 15.4 Å². The molecule has 0 aliphatic carbocycles. The number of phenols is 1. The molecule has 1 aliphatic heterocycles. The quantitative estimate of drug-likeness (QED) is 0.243. The third-order valence-corrected chi connectivity index (χ3v) is 10.4. The monoisotopic (exact) mass is 645 g/mol. The molecule has 1 saturated heterocycles. The Balaban J connectivity index is 1.90. The first-order valence-corrected chi connectivity index (χ1v) is 17.4. The number of azo groups is 1. The van der Waals surface area contributed by atoms with Gasteiger partial charge in [-0.1, -0.05) is 12.1 Å². The molecule has 1 aliphatic rings. The topological polar surface area (TPSA) is 184 Å². The number of phenolic OH excluding ortho intramolecular Hbond substituents is 1. The Hall–Kier alpha value is -2.86. The zero-order valence-corrected chi connectivity index (χ0v) is 25.4. The van der Waals surface area contributed by atoms with E-state index in [1.54, 1.807) is 20.8 Å². The van der Waals surface area contributed by atoms with Gasteiger partial charge in [-0.3, -0.25) is 4.72 Å². The van der Waals surface area contributed by atoms with Crippen molar-refractivity contribution in [3.8, 4) is 5.75 Å². The van der Waals surface area contributed by atoms with Crippen molar-refractivity contribution < 1.29 is 35.1 Å². The van der Waals surface area contributed by atoms with E-state index in [2.05, 4.69) is 19.7 Å². The van der Waals surface area contributed by atoms with Crippen molar-refractivity contribution >= 4 is 67.8 Å². The minimum Gasteiger partial charge on any atom is -0.506 e. The smallest absolute Gasteiger partial charge is 0.301 e. The summed E-state index contributed by atoms with van der Waals surface area (Å²) >= 11 is 0. The van der Waals surface area contributed by atoms with E-state index in [0.29, 0.717) is 0 Å². The molecule has 0 spiro atoms. The van der Waals surface area contributed by atoms with Crippen LogP contribution >= 0.6 is 10.7 Å². The Kier molecular flexibility index (Phi) is 8.67. The maximum absolute atomic E-state index is 13.2. The van der Waals surface area contributed by atoms with Crippen molar-refractivity contribution in [3.05, 3.63) is 48.5 Å². The number of hydrogen-bond donors (Lipinski definition) is 3. The van der Waals surface area contributed by atoms with E-state index in [1.807, 2.05) is 0 Å². The fourth-order valence-corrected chi connectivity index (χ4v) is 7.55. The van der Waals surface area contributed by atoms with Crippen molar-refractivity contribution in [3.63, 3.8) is 0 Å². The normalized spacial score (nSPS) is 15.9. The fraction of sp³-hybridized carbons (Fsp3) is 0.333. The zero-order valence-electron chi connectivity index (χ0n) is 22.2. The fourth-order valence-electron chi connectivity index (χ4n) is 4.03. The molecular weight excluding hydrogens is 618 g/mol. The van der Waals surface area contributed by atoms with Gasteiger partial charge in [0, 0.05) is 40.1 Å². The number of halogens is 1. The first-order chi connectivity index (χ1) is 19.0. The van der Waals surface area contributed by atoms with Crippen LogP contribution in [0.4, 0.5) is 17.1 Å². The molecule has 222 valence electrons. The van der Waals surface area contributed by atoms with E-state index in [0.717, 1.165) is 6.07 Å². The number of ether oxygens (including phenoxy) is 1. The second-order valence-electron chi connectivity index (χ2n) is 10.1. The van der Waals surface area contributed by atoms with Crippen molar-refractivity contribution in [1.29, 1.82) is 0 Å². The van der Waals surface area contributed by atoms with E-state index < -0.39 is 45.5 Å². The number of morpholine rings is 1. The number of nitrogens with one attached hydrogen (secondary N) is 2. The summed E-state index contributed by atoms with van der Waals surface area (Å²) in [6, 6.07) is 10.5. The van der Waals surface area contributed by atoms with Crippen LogP contribution in [0.15, 0.2) is 68.6 Å². The number of aromatic hydroxyl groups is 1. The van der Waals surface area contributed by atoms with E-state index in [1.165, 1.54) is 46.8 Å². The molecule has 41 heavy (non-hydrogen) atoms. The number of hydrogen-bond acceptors (Lipinski definition) is 10. The van der Waals surface area contributed by atoms with Crippen LogP contribution < -0.4 is 9.44 Å². The molecule has 4 rings (SSSR count). The zero-order chi connectivity index (χ0) is 30.2. The summed E-state index contributed by atoms with van der Waals surface area (Å²) in [7, 11) is -6.94. The molecule has 17 heteroatoms. The average Bonchev–Trinajstić information content (AvgIpc) is 2.87. The molecule has 3 aromatic rings. The van der Waals surface area contributed by atoms with Gasteiger partial charge in [0.1, 0.15) is 10.6 Å². The second-order valence-corrected chi connectivity index (χ2v) is 16.0. The SMILES string of the molecule is CC(C)(C)NS(=O)(=O)c1cc(/N=N/c2ccc(S(=O)(=O)Cl)cc2)c2c(NS(=O)(=O)N3CCOCC3)cccc2c1O. The average molecular weight is 646 g/mol. The number of benzene rings is 3. The number of rotatable bonds is 8. The standard InChI is InChI=1S/C24H28ClN5O8S3/c1-24(2,3)29-40(34,35)21-15-20(27-26-16-7-9-17(10-8-16)39(25,32)33)22-18(23(21)31)5-4-6-19(22)28-41(36,37)30-11-13-38-14-12-30/h4-10,15,28-29,31H,11-14H2,1-3H3/b27-26+. The predicted octanol–water partition coefficient (Wildman–Crippen LogP) is 3.95. The van der Waals surface area contributed by atoms with E-state index >= 15 is 0 Å². The molecule has 0 amide bonds. The van der Waals surface area contributed by atoms with Gasteiger partial charge in [-0.25, -0.2) is 21.6 Å². The molecule has 0 bridgehead atoms. The van der Waals surface area contributed by atoms with Crippen LogP contribution in [-0.4, -0.2) is 66.5 Å². The lowest BCUT2D eigenvalue weighted by Gasteiger charge is -2.27. The largest absolute Gasteiger partial charge is 0.506 e. The van der Waals surface area contributed by atoms with Gasteiger partial charge in [0.15, 0.2) is 0 Å². The molecule has 13 nitrogen and oxygen atoms in total. The molecular formula is C24H28ClN5O8S3. The second kappa shape index (κ2) is 11.4. The number of sulfonamides is 1. The van der Waals surface area contributed by atoms with Gasteiger partial charge in [-0.2, -0.15) is 17.8 Å². The Morgan fingerprint density at radius 3 is 2.17 bits per heavy atom. The maximum atomic E-state index is 13.2.